The zero-order valence-electron chi connectivity index (χ0n) is 23.2. The van der Waals surface area contributed by atoms with Crippen molar-refractivity contribution in [2.75, 3.05) is 17.4 Å². The molecule has 2 amide bonds. The third kappa shape index (κ3) is 8.38. The van der Waals surface area contributed by atoms with Crippen LogP contribution in [0.4, 0.5) is 5.69 Å². The average Bonchev–Trinajstić information content (AvgIpc) is 2.94. The SMILES string of the molecule is CCCCNC(=O)[C@H](CC)N(Cc1c(Cl)cccc1Cl)C(=O)CN(c1ccc(C)cc1)S(=O)(=O)c1ccc(Cl)cc1. The molecular weight excluding hydrogens is 605 g/mol. The topological polar surface area (TPSA) is 86.8 Å². The fourth-order valence-electron chi connectivity index (χ4n) is 4.25. The van der Waals surface area contributed by atoms with E-state index in [4.69, 9.17) is 34.8 Å². The highest BCUT2D eigenvalue weighted by atomic mass is 35.5. The fraction of sp³-hybridized carbons (Fsp3) is 0.333. The van der Waals surface area contributed by atoms with Gasteiger partial charge in [0.25, 0.3) is 10.0 Å². The van der Waals surface area contributed by atoms with Crippen LogP contribution in [0.5, 0.6) is 0 Å². The van der Waals surface area contributed by atoms with Gasteiger partial charge in [-0.2, -0.15) is 0 Å². The monoisotopic (exact) mass is 637 g/mol. The van der Waals surface area contributed by atoms with Crippen LogP contribution in [0.3, 0.4) is 0 Å². The number of unbranched alkanes of at least 4 members (excludes halogenated alkanes) is 1. The molecule has 7 nitrogen and oxygen atoms in total. The molecular formula is C30H34Cl3N3O4S. The van der Waals surface area contributed by atoms with E-state index in [1.54, 1.807) is 49.4 Å². The number of anilines is 1. The maximum Gasteiger partial charge on any atom is 0.264 e. The predicted molar refractivity (Wildman–Crippen MR) is 166 cm³/mol. The van der Waals surface area contributed by atoms with Gasteiger partial charge < -0.3 is 10.2 Å². The molecule has 0 aliphatic carbocycles. The zero-order chi connectivity index (χ0) is 30.2. The summed E-state index contributed by atoms with van der Waals surface area (Å²) in [6, 6.07) is 16.6. The first-order chi connectivity index (χ1) is 19.5. The van der Waals surface area contributed by atoms with Crippen molar-refractivity contribution < 1.29 is 18.0 Å². The quantitative estimate of drug-likeness (QED) is 0.207. The van der Waals surface area contributed by atoms with Crippen molar-refractivity contribution in [2.45, 2.75) is 57.5 Å². The van der Waals surface area contributed by atoms with Crippen molar-refractivity contribution in [1.29, 1.82) is 0 Å². The molecule has 220 valence electrons. The average molecular weight is 639 g/mol. The minimum Gasteiger partial charge on any atom is -0.354 e. The second-order valence-corrected chi connectivity index (χ2v) is 12.7. The standard InChI is InChI=1S/C30H34Cl3N3O4S/c1-4-6-18-34-30(38)28(5-2)35(19-25-26(32)8-7-9-27(25)33)29(37)20-36(23-14-10-21(3)11-15-23)41(39,40)24-16-12-22(31)13-17-24/h7-17,28H,4-6,18-20H2,1-3H3,(H,34,38)/t28-/m0/s1. The highest BCUT2D eigenvalue weighted by Crippen LogP contribution is 2.29. The summed E-state index contributed by atoms with van der Waals surface area (Å²) in [5, 5.41) is 3.94. The van der Waals surface area contributed by atoms with Gasteiger partial charge in [-0.05, 0) is 68.3 Å². The highest BCUT2D eigenvalue weighted by molar-refractivity contribution is 7.92. The summed E-state index contributed by atoms with van der Waals surface area (Å²) < 4.78 is 28.8. The maximum absolute atomic E-state index is 14.1. The summed E-state index contributed by atoms with van der Waals surface area (Å²) in [6.45, 7) is 5.50. The van der Waals surface area contributed by atoms with Crippen LogP contribution in [-0.2, 0) is 26.2 Å². The number of hydrogen-bond donors (Lipinski definition) is 1. The van der Waals surface area contributed by atoms with E-state index >= 15 is 0 Å². The van der Waals surface area contributed by atoms with Crippen LogP contribution in [0.25, 0.3) is 0 Å². The largest absolute Gasteiger partial charge is 0.354 e. The molecule has 0 spiro atoms. The fourth-order valence-corrected chi connectivity index (χ4v) is 6.31. The summed E-state index contributed by atoms with van der Waals surface area (Å²) in [5.41, 5.74) is 1.69. The van der Waals surface area contributed by atoms with Crippen molar-refractivity contribution >= 4 is 62.3 Å². The lowest BCUT2D eigenvalue weighted by Gasteiger charge is -2.33. The van der Waals surface area contributed by atoms with Crippen LogP contribution in [-0.4, -0.2) is 44.3 Å². The summed E-state index contributed by atoms with van der Waals surface area (Å²) >= 11 is 18.9. The van der Waals surface area contributed by atoms with Gasteiger partial charge >= 0.3 is 0 Å². The molecule has 0 aromatic heterocycles. The predicted octanol–water partition coefficient (Wildman–Crippen LogP) is 6.87. The van der Waals surface area contributed by atoms with Crippen LogP contribution in [0.2, 0.25) is 15.1 Å². The van der Waals surface area contributed by atoms with Crippen LogP contribution in [0.1, 0.15) is 44.2 Å². The summed E-state index contributed by atoms with van der Waals surface area (Å²) in [6.07, 6.45) is 1.97. The number of amides is 2. The number of nitrogens with one attached hydrogen (secondary N) is 1. The smallest absolute Gasteiger partial charge is 0.264 e. The molecule has 0 fully saturated rings. The Labute approximate surface area is 257 Å². The summed E-state index contributed by atoms with van der Waals surface area (Å²) in [5.74, 6) is -0.920. The molecule has 0 radical (unpaired) electrons. The van der Waals surface area contributed by atoms with Crippen molar-refractivity contribution in [2.24, 2.45) is 0 Å². The van der Waals surface area contributed by atoms with Crippen molar-refractivity contribution in [3.05, 3.63) is 92.9 Å². The first-order valence-electron chi connectivity index (χ1n) is 13.3. The van der Waals surface area contributed by atoms with Gasteiger partial charge in [0.15, 0.2) is 0 Å². The Kier molecular flexibility index (Phi) is 11.9. The van der Waals surface area contributed by atoms with Gasteiger partial charge in [0.05, 0.1) is 10.6 Å². The number of benzene rings is 3. The number of aryl methyl sites for hydroxylation is 1. The molecule has 11 heteroatoms. The Morgan fingerprint density at radius 2 is 1.51 bits per heavy atom. The van der Waals surface area contributed by atoms with Crippen LogP contribution >= 0.6 is 34.8 Å². The lowest BCUT2D eigenvalue weighted by Crippen LogP contribution is -2.52. The number of halogens is 3. The summed E-state index contributed by atoms with van der Waals surface area (Å²) in [7, 11) is -4.20. The van der Waals surface area contributed by atoms with Crippen molar-refractivity contribution in [3.63, 3.8) is 0 Å². The molecule has 0 aliphatic rings. The van der Waals surface area contributed by atoms with E-state index in [0.29, 0.717) is 39.3 Å². The van der Waals surface area contributed by atoms with Gasteiger partial charge in [-0.25, -0.2) is 8.42 Å². The molecule has 0 aliphatic heterocycles. The van der Waals surface area contributed by atoms with Gasteiger partial charge in [0, 0.05) is 33.7 Å². The van der Waals surface area contributed by atoms with Gasteiger partial charge in [-0.1, -0.05) is 78.8 Å². The number of sulfonamides is 1. The molecule has 0 unspecified atom stereocenters. The lowest BCUT2D eigenvalue weighted by atomic mass is 10.1. The Morgan fingerprint density at radius 3 is 2.07 bits per heavy atom. The maximum atomic E-state index is 14.1. The number of carbonyl (C=O) groups excluding carboxylic acids is 2. The number of nitrogens with zero attached hydrogens (tertiary/aromatic N) is 2. The first-order valence-corrected chi connectivity index (χ1v) is 15.9. The van der Waals surface area contributed by atoms with Gasteiger partial charge in [0.1, 0.15) is 12.6 Å². The van der Waals surface area contributed by atoms with Gasteiger partial charge in [0.2, 0.25) is 11.8 Å². The van der Waals surface area contributed by atoms with Gasteiger partial charge in [-0.15, -0.1) is 0 Å². The zero-order valence-corrected chi connectivity index (χ0v) is 26.3. The minimum atomic E-state index is -4.20. The Bertz CT molecular complexity index is 1430. The van der Waals surface area contributed by atoms with E-state index in [2.05, 4.69) is 5.32 Å². The molecule has 0 saturated heterocycles. The third-order valence-corrected chi connectivity index (χ3v) is 9.36. The Morgan fingerprint density at radius 1 is 0.902 bits per heavy atom. The van der Waals surface area contributed by atoms with E-state index in [1.165, 1.54) is 29.2 Å². The van der Waals surface area contributed by atoms with E-state index in [-0.39, 0.29) is 17.3 Å². The van der Waals surface area contributed by atoms with Crippen LogP contribution in [0.15, 0.2) is 71.6 Å². The van der Waals surface area contributed by atoms with E-state index in [9.17, 15) is 18.0 Å². The van der Waals surface area contributed by atoms with E-state index in [1.807, 2.05) is 13.8 Å². The van der Waals surface area contributed by atoms with Gasteiger partial charge in [-0.3, -0.25) is 13.9 Å². The normalized spacial score (nSPS) is 12.0. The molecule has 41 heavy (non-hydrogen) atoms. The number of rotatable bonds is 13. The molecule has 3 aromatic rings. The Balaban J connectivity index is 2.07. The first kappa shape index (κ1) is 32.7. The highest BCUT2D eigenvalue weighted by Gasteiger charge is 2.34. The Hall–Kier alpha value is -2.78. The third-order valence-electron chi connectivity index (χ3n) is 6.61. The van der Waals surface area contributed by atoms with Crippen molar-refractivity contribution in [3.8, 4) is 0 Å². The second kappa shape index (κ2) is 14.9. The molecule has 0 saturated carbocycles. The van der Waals surface area contributed by atoms with E-state index < -0.39 is 28.5 Å². The number of carbonyl (C=O) groups is 2. The molecule has 0 bridgehead atoms. The lowest BCUT2D eigenvalue weighted by molar-refractivity contribution is -0.140. The van der Waals surface area contributed by atoms with E-state index in [0.717, 1.165) is 22.7 Å². The minimum absolute atomic E-state index is 0.0275. The van der Waals surface area contributed by atoms with Crippen LogP contribution < -0.4 is 9.62 Å². The van der Waals surface area contributed by atoms with Crippen molar-refractivity contribution in [1.82, 2.24) is 10.2 Å². The van der Waals surface area contributed by atoms with Crippen LogP contribution in [0, 0.1) is 6.92 Å². The molecule has 1 N–H and O–H groups in total. The molecule has 0 heterocycles. The molecule has 1 atom stereocenters. The second-order valence-electron chi connectivity index (χ2n) is 9.59. The number of hydrogen-bond acceptors (Lipinski definition) is 4. The molecule has 3 aromatic carbocycles. The molecule has 3 rings (SSSR count). The summed E-state index contributed by atoms with van der Waals surface area (Å²) in [4.78, 5) is 28.7.